The fourth-order valence-electron chi connectivity index (χ4n) is 4.11. The van der Waals surface area contributed by atoms with Gasteiger partial charge in [0.15, 0.2) is 0 Å². The van der Waals surface area contributed by atoms with E-state index >= 15 is 0 Å². The number of methoxy groups -OCH3 is 2. The highest BCUT2D eigenvalue weighted by Crippen LogP contribution is 2.24. The molecule has 8 nitrogen and oxygen atoms in total. The van der Waals surface area contributed by atoms with Crippen LogP contribution < -0.4 is 20.1 Å². The van der Waals surface area contributed by atoms with E-state index in [4.69, 9.17) is 9.47 Å². The highest BCUT2D eigenvalue weighted by atomic mass is 16.5. The van der Waals surface area contributed by atoms with Gasteiger partial charge in [-0.3, -0.25) is 14.4 Å². The number of carbonyl (C=O) groups excluding carboxylic acids is 3. The van der Waals surface area contributed by atoms with Crippen molar-refractivity contribution >= 4 is 17.7 Å². The summed E-state index contributed by atoms with van der Waals surface area (Å²) in [7, 11) is 3.13. The lowest BCUT2D eigenvalue weighted by molar-refractivity contribution is -0.125. The minimum Gasteiger partial charge on any atom is -0.497 e. The number of ether oxygens (including phenoxy) is 2. The highest BCUT2D eigenvalue weighted by molar-refractivity contribution is 5.98. The van der Waals surface area contributed by atoms with Gasteiger partial charge < -0.3 is 25.0 Å². The Morgan fingerprint density at radius 2 is 1.53 bits per heavy atom. The van der Waals surface area contributed by atoms with E-state index in [1.165, 1.54) is 0 Å². The standard InChI is InChI=1S/C26H33N3O5/c1-17(2)27-25(31)23(28-24(30)19-8-10-21(33-3)11-9-19)18-12-14-29(15-13-18)26(32)20-6-5-7-22(16-20)34-4/h5-11,16-18,23H,12-15H2,1-4H3,(H,27,31)(H,28,30)/t23-/m1/s1. The molecule has 3 amide bonds. The van der Waals surface area contributed by atoms with Crippen molar-refractivity contribution in [3.05, 3.63) is 59.7 Å². The third-order valence-electron chi connectivity index (χ3n) is 5.97. The van der Waals surface area contributed by atoms with Crippen molar-refractivity contribution in [3.63, 3.8) is 0 Å². The Kier molecular flexibility index (Phi) is 8.51. The number of hydrogen-bond donors (Lipinski definition) is 2. The lowest BCUT2D eigenvalue weighted by atomic mass is 9.88. The number of nitrogens with zero attached hydrogens (tertiary/aromatic N) is 1. The molecule has 34 heavy (non-hydrogen) atoms. The molecule has 2 aromatic carbocycles. The van der Waals surface area contributed by atoms with Crippen LogP contribution in [0, 0.1) is 5.92 Å². The van der Waals surface area contributed by atoms with E-state index in [-0.39, 0.29) is 29.7 Å². The molecule has 1 aliphatic heterocycles. The normalized spacial score (nSPS) is 14.9. The molecule has 3 rings (SSSR count). The summed E-state index contributed by atoms with van der Waals surface area (Å²) in [5.74, 6) is 0.597. The first-order valence-electron chi connectivity index (χ1n) is 11.5. The van der Waals surface area contributed by atoms with E-state index in [0.717, 1.165) is 0 Å². The molecule has 0 aromatic heterocycles. The van der Waals surface area contributed by atoms with Gasteiger partial charge in [-0.05, 0) is 75.1 Å². The molecule has 0 unspecified atom stereocenters. The monoisotopic (exact) mass is 467 g/mol. The Balaban J connectivity index is 1.68. The topological polar surface area (TPSA) is 97.0 Å². The zero-order chi connectivity index (χ0) is 24.7. The molecule has 1 heterocycles. The van der Waals surface area contributed by atoms with Crippen LogP contribution in [0.15, 0.2) is 48.5 Å². The summed E-state index contributed by atoms with van der Waals surface area (Å²) in [4.78, 5) is 40.6. The maximum Gasteiger partial charge on any atom is 0.253 e. The van der Waals surface area contributed by atoms with Crippen molar-refractivity contribution in [2.24, 2.45) is 5.92 Å². The summed E-state index contributed by atoms with van der Waals surface area (Å²) < 4.78 is 10.4. The predicted octanol–water partition coefficient (Wildman–Crippen LogP) is 2.88. The molecule has 0 saturated carbocycles. The second-order valence-corrected chi connectivity index (χ2v) is 8.70. The second-order valence-electron chi connectivity index (χ2n) is 8.70. The minimum atomic E-state index is -0.689. The second kappa shape index (κ2) is 11.5. The van der Waals surface area contributed by atoms with Gasteiger partial charge in [0.2, 0.25) is 5.91 Å². The van der Waals surface area contributed by atoms with Crippen molar-refractivity contribution < 1.29 is 23.9 Å². The Morgan fingerprint density at radius 1 is 0.882 bits per heavy atom. The van der Waals surface area contributed by atoms with Gasteiger partial charge in [0.1, 0.15) is 17.5 Å². The molecule has 0 bridgehead atoms. The fourth-order valence-corrected chi connectivity index (χ4v) is 4.11. The third kappa shape index (κ3) is 6.27. The summed E-state index contributed by atoms with van der Waals surface area (Å²) in [6.45, 7) is 4.78. The van der Waals surface area contributed by atoms with Gasteiger partial charge in [0.05, 0.1) is 14.2 Å². The van der Waals surface area contributed by atoms with Gasteiger partial charge in [-0.25, -0.2) is 0 Å². The van der Waals surface area contributed by atoms with Crippen LogP contribution in [0.5, 0.6) is 11.5 Å². The van der Waals surface area contributed by atoms with Crippen molar-refractivity contribution in [2.75, 3.05) is 27.3 Å². The van der Waals surface area contributed by atoms with Gasteiger partial charge in [-0.15, -0.1) is 0 Å². The molecule has 1 fully saturated rings. The van der Waals surface area contributed by atoms with Crippen molar-refractivity contribution in [1.82, 2.24) is 15.5 Å². The molecule has 8 heteroatoms. The van der Waals surface area contributed by atoms with Gasteiger partial charge in [0.25, 0.3) is 11.8 Å². The molecule has 1 atom stereocenters. The first-order chi connectivity index (χ1) is 16.3. The van der Waals surface area contributed by atoms with E-state index in [2.05, 4.69) is 10.6 Å². The average molecular weight is 468 g/mol. The number of rotatable bonds is 8. The highest BCUT2D eigenvalue weighted by Gasteiger charge is 2.34. The summed E-state index contributed by atoms with van der Waals surface area (Å²) in [5, 5.41) is 5.84. The fraction of sp³-hybridized carbons (Fsp3) is 0.423. The first-order valence-corrected chi connectivity index (χ1v) is 11.5. The lowest BCUT2D eigenvalue weighted by Gasteiger charge is -2.36. The first kappa shape index (κ1) is 25.1. The van der Waals surface area contributed by atoms with Crippen LogP contribution in [0.1, 0.15) is 47.4 Å². The summed E-state index contributed by atoms with van der Waals surface area (Å²) in [6, 6.07) is 13.1. The summed E-state index contributed by atoms with van der Waals surface area (Å²) in [5.41, 5.74) is 1.02. The Bertz CT molecular complexity index is 998. The molecular formula is C26H33N3O5. The lowest BCUT2D eigenvalue weighted by Crippen LogP contribution is -2.54. The van der Waals surface area contributed by atoms with Gasteiger partial charge in [-0.1, -0.05) is 6.07 Å². The molecule has 0 aliphatic carbocycles. The maximum absolute atomic E-state index is 13.0. The molecule has 0 spiro atoms. The number of carbonyl (C=O) groups is 3. The molecule has 1 saturated heterocycles. The number of piperidine rings is 1. The van der Waals surface area contributed by atoms with E-state index in [0.29, 0.717) is 48.6 Å². The number of nitrogens with one attached hydrogen (secondary N) is 2. The van der Waals surface area contributed by atoms with Crippen LogP contribution in [-0.4, -0.2) is 62.0 Å². The summed E-state index contributed by atoms with van der Waals surface area (Å²) in [6.07, 6.45) is 1.21. The van der Waals surface area contributed by atoms with Crippen molar-refractivity contribution in [3.8, 4) is 11.5 Å². The predicted molar refractivity (Wildman–Crippen MR) is 129 cm³/mol. The average Bonchev–Trinajstić information content (AvgIpc) is 2.86. The Hall–Kier alpha value is -3.55. The maximum atomic E-state index is 13.0. The van der Waals surface area contributed by atoms with Crippen LogP contribution in [0.3, 0.4) is 0 Å². The molecule has 0 radical (unpaired) electrons. The minimum absolute atomic E-state index is 0.0531. The zero-order valence-electron chi connectivity index (χ0n) is 20.2. The van der Waals surface area contributed by atoms with E-state index in [9.17, 15) is 14.4 Å². The SMILES string of the molecule is COc1ccc(C(=O)N[C@@H](C(=O)NC(C)C)C2CCN(C(=O)c3cccc(OC)c3)CC2)cc1. The molecule has 1 aliphatic rings. The van der Waals surface area contributed by atoms with Crippen LogP contribution in [-0.2, 0) is 4.79 Å². The van der Waals surface area contributed by atoms with Crippen LogP contribution in [0.2, 0.25) is 0 Å². The van der Waals surface area contributed by atoms with E-state index < -0.39 is 6.04 Å². The molecular weight excluding hydrogens is 434 g/mol. The number of likely N-dealkylation sites (tertiary alicyclic amines) is 1. The number of hydrogen-bond acceptors (Lipinski definition) is 5. The quantitative estimate of drug-likeness (QED) is 0.622. The molecule has 2 N–H and O–H groups in total. The van der Waals surface area contributed by atoms with Crippen LogP contribution in [0.25, 0.3) is 0 Å². The van der Waals surface area contributed by atoms with Crippen molar-refractivity contribution in [1.29, 1.82) is 0 Å². The van der Waals surface area contributed by atoms with Crippen molar-refractivity contribution in [2.45, 2.75) is 38.8 Å². The Labute approximate surface area is 200 Å². The molecule has 182 valence electrons. The van der Waals surface area contributed by atoms with Crippen LogP contribution in [0.4, 0.5) is 0 Å². The largest absolute Gasteiger partial charge is 0.497 e. The van der Waals surface area contributed by atoms with Crippen LogP contribution >= 0.6 is 0 Å². The van der Waals surface area contributed by atoms with E-state index in [1.54, 1.807) is 67.7 Å². The smallest absolute Gasteiger partial charge is 0.253 e. The zero-order valence-corrected chi connectivity index (χ0v) is 20.2. The Morgan fingerprint density at radius 3 is 2.12 bits per heavy atom. The molecule has 2 aromatic rings. The third-order valence-corrected chi connectivity index (χ3v) is 5.97. The van der Waals surface area contributed by atoms with E-state index in [1.807, 2.05) is 13.8 Å². The number of amides is 3. The summed E-state index contributed by atoms with van der Waals surface area (Å²) >= 11 is 0. The van der Waals surface area contributed by atoms with Gasteiger partial charge in [-0.2, -0.15) is 0 Å². The number of benzene rings is 2. The van der Waals surface area contributed by atoms with Gasteiger partial charge in [0, 0.05) is 30.3 Å². The van der Waals surface area contributed by atoms with Gasteiger partial charge >= 0.3 is 0 Å².